The van der Waals surface area contributed by atoms with Crippen LogP contribution < -0.4 is 0 Å². The van der Waals surface area contributed by atoms with E-state index < -0.39 is 0 Å². The third kappa shape index (κ3) is 0.994. The molecule has 0 saturated carbocycles. The summed E-state index contributed by atoms with van der Waals surface area (Å²) in [5, 5.41) is 11.1. The standard InChI is InChI=1S/C10H10OS/c1-6-3-4-9-8(5-6)7(2)10(11)12-9/h3-5,11H,1-2H3. The van der Waals surface area contributed by atoms with Crippen molar-refractivity contribution >= 4 is 21.4 Å². The Morgan fingerprint density at radius 3 is 2.75 bits per heavy atom. The highest BCUT2D eigenvalue weighted by molar-refractivity contribution is 7.20. The lowest BCUT2D eigenvalue weighted by atomic mass is 10.1. The van der Waals surface area contributed by atoms with Crippen molar-refractivity contribution in [3.8, 4) is 5.06 Å². The zero-order valence-electron chi connectivity index (χ0n) is 7.09. The molecule has 0 radical (unpaired) electrons. The van der Waals surface area contributed by atoms with Gasteiger partial charge in [0.25, 0.3) is 0 Å². The minimum atomic E-state index is 0.440. The lowest BCUT2D eigenvalue weighted by Gasteiger charge is -1.92. The number of hydrogen-bond acceptors (Lipinski definition) is 2. The Morgan fingerprint density at radius 2 is 2.00 bits per heavy atom. The van der Waals surface area contributed by atoms with E-state index in [1.54, 1.807) is 0 Å². The molecule has 0 fully saturated rings. The Labute approximate surface area is 75.3 Å². The summed E-state index contributed by atoms with van der Waals surface area (Å²) in [5.74, 6) is 0. The van der Waals surface area contributed by atoms with Gasteiger partial charge in [-0.05, 0) is 25.3 Å². The van der Waals surface area contributed by atoms with Gasteiger partial charge in [-0.15, -0.1) is 0 Å². The zero-order chi connectivity index (χ0) is 8.72. The normalized spacial score (nSPS) is 10.8. The molecule has 1 aromatic heterocycles. The summed E-state index contributed by atoms with van der Waals surface area (Å²) in [6.45, 7) is 4.02. The van der Waals surface area contributed by atoms with E-state index in [2.05, 4.69) is 25.1 Å². The number of aryl methyl sites for hydroxylation is 2. The van der Waals surface area contributed by atoms with Gasteiger partial charge in [0.1, 0.15) is 0 Å². The SMILES string of the molecule is Cc1ccc2sc(O)c(C)c2c1. The first-order valence-corrected chi connectivity index (χ1v) is 4.69. The van der Waals surface area contributed by atoms with Crippen LogP contribution in [-0.2, 0) is 0 Å². The van der Waals surface area contributed by atoms with Gasteiger partial charge in [0.05, 0.1) is 0 Å². The van der Waals surface area contributed by atoms with Gasteiger partial charge >= 0.3 is 0 Å². The van der Waals surface area contributed by atoms with E-state index in [1.807, 2.05) is 6.92 Å². The molecule has 0 bridgehead atoms. The second-order valence-electron chi connectivity index (χ2n) is 3.03. The molecule has 0 spiro atoms. The van der Waals surface area contributed by atoms with Gasteiger partial charge in [-0.3, -0.25) is 0 Å². The van der Waals surface area contributed by atoms with Gasteiger partial charge < -0.3 is 5.11 Å². The number of thiophene rings is 1. The van der Waals surface area contributed by atoms with Crippen LogP contribution >= 0.6 is 11.3 Å². The van der Waals surface area contributed by atoms with Crippen LogP contribution in [0.15, 0.2) is 18.2 Å². The van der Waals surface area contributed by atoms with E-state index in [0.717, 1.165) is 10.3 Å². The number of aromatic hydroxyl groups is 1. The number of hydrogen-bond donors (Lipinski definition) is 1. The highest BCUT2D eigenvalue weighted by atomic mass is 32.1. The highest BCUT2D eigenvalue weighted by Gasteiger charge is 2.05. The largest absolute Gasteiger partial charge is 0.499 e. The summed E-state index contributed by atoms with van der Waals surface area (Å²) in [5.41, 5.74) is 2.24. The van der Waals surface area contributed by atoms with Crippen molar-refractivity contribution in [1.29, 1.82) is 0 Å². The summed E-state index contributed by atoms with van der Waals surface area (Å²) in [6, 6.07) is 6.24. The van der Waals surface area contributed by atoms with Crippen LogP contribution in [0.4, 0.5) is 0 Å². The average molecular weight is 178 g/mol. The van der Waals surface area contributed by atoms with Crippen LogP contribution in [0, 0.1) is 13.8 Å². The molecule has 12 heavy (non-hydrogen) atoms. The van der Waals surface area contributed by atoms with E-state index in [0.29, 0.717) is 5.06 Å². The fraction of sp³-hybridized carbons (Fsp3) is 0.200. The molecular weight excluding hydrogens is 168 g/mol. The minimum absolute atomic E-state index is 0.440. The maximum absolute atomic E-state index is 9.45. The van der Waals surface area contributed by atoms with Crippen LogP contribution in [0.5, 0.6) is 5.06 Å². The van der Waals surface area contributed by atoms with E-state index in [-0.39, 0.29) is 0 Å². The molecule has 2 heteroatoms. The van der Waals surface area contributed by atoms with Crippen LogP contribution in [0.25, 0.3) is 10.1 Å². The molecule has 0 atom stereocenters. The first-order valence-electron chi connectivity index (χ1n) is 3.87. The molecule has 0 aliphatic heterocycles. The zero-order valence-corrected chi connectivity index (χ0v) is 7.90. The molecule has 62 valence electrons. The van der Waals surface area contributed by atoms with Gasteiger partial charge in [0, 0.05) is 10.3 Å². The number of rotatable bonds is 0. The molecule has 0 saturated heterocycles. The fourth-order valence-corrected chi connectivity index (χ4v) is 2.25. The van der Waals surface area contributed by atoms with Crippen LogP contribution in [0.1, 0.15) is 11.1 Å². The summed E-state index contributed by atoms with van der Waals surface area (Å²) >= 11 is 1.44. The number of benzene rings is 1. The average Bonchev–Trinajstić information content (AvgIpc) is 2.31. The maximum Gasteiger partial charge on any atom is 0.175 e. The minimum Gasteiger partial charge on any atom is -0.499 e. The Balaban J connectivity index is 2.88. The molecule has 2 aromatic rings. The Morgan fingerprint density at radius 1 is 1.25 bits per heavy atom. The van der Waals surface area contributed by atoms with Crippen molar-refractivity contribution in [2.75, 3.05) is 0 Å². The predicted octanol–water partition coefficient (Wildman–Crippen LogP) is 3.22. The van der Waals surface area contributed by atoms with Crippen LogP contribution in [0.3, 0.4) is 0 Å². The predicted molar refractivity (Wildman–Crippen MR) is 53.0 cm³/mol. The highest BCUT2D eigenvalue weighted by Crippen LogP contribution is 2.35. The molecular formula is C10H10OS. The quantitative estimate of drug-likeness (QED) is 0.656. The summed E-state index contributed by atoms with van der Waals surface area (Å²) < 4.78 is 1.16. The topological polar surface area (TPSA) is 20.2 Å². The molecule has 1 N–H and O–H groups in total. The lowest BCUT2D eigenvalue weighted by molar-refractivity contribution is 0.487. The first-order chi connectivity index (χ1) is 5.68. The third-order valence-corrected chi connectivity index (χ3v) is 3.14. The summed E-state index contributed by atoms with van der Waals surface area (Å²) in [7, 11) is 0. The van der Waals surface area contributed by atoms with E-state index >= 15 is 0 Å². The van der Waals surface area contributed by atoms with Crippen molar-refractivity contribution in [3.05, 3.63) is 29.3 Å². The smallest absolute Gasteiger partial charge is 0.175 e. The van der Waals surface area contributed by atoms with Crippen LogP contribution in [-0.4, -0.2) is 5.11 Å². The van der Waals surface area contributed by atoms with Crippen molar-refractivity contribution < 1.29 is 5.11 Å². The van der Waals surface area contributed by atoms with Crippen molar-refractivity contribution in [1.82, 2.24) is 0 Å². The molecule has 0 unspecified atom stereocenters. The Kier molecular flexibility index (Phi) is 1.58. The monoisotopic (exact) mass is 178 g/mol. The Hall–Kier alpha value is -1.02. The molecule has 0 aliphatic carbocycles. The van der Waals surface area contributed by atoms with Gasteiger partial charge in [-0.25, -0.2) is 0 Å². The first kappa shape index (κ1) is 7.62. The fourth-order valence-electron chi connectivity index (χ4n) is 1.32. The summed E-state index contributed by atoms with van der Waals surface area (Å²) in [4.78, 5) is 0. The van der Waals surface area contributed by atoms with E-state index in [4.69, 9.17) is 0 Å². The third-order valence-electron chi connectivity index (χ3n) is 2.07. The maximum atomic E-state index is 9.45. The van der Waals surface area contributed by atoms with E-state index in [9.17, 15) is 5.11 Å². The molecule has 2 rings (SSSR count). The van der Waals surface area contributed by atoms with E-state index in [1.165, 1.54) is 22.3 Å². The molecule has 1 nitrogen and oxygen atoms in total. The van der Waals surface area contributed by atoms with Gasteiger partial charge in [0.2, 0.25) is 0 Å². The van der Waals surface area contributed by atoms with Crippen molar-refractivity contribution in [2.24, 2.45) is 0 Å². The second-order valence-corrected chi connectivity index (χ2v) is 4.06. The summed E-state index contributed by atoms with van der Waals surface area (Å²) in [6.07, 6.45) is 0. The Bertz CT molecular complexity index is 429. The number of fused-ring (bicyclic) bond motifs is 1. The van der Waals surface area contributed by atoms with Gasteiger partial charge in [0.15, 0.2) is 5.06 Å². The molecule has 0 aliphatic rings. The van der Waals surface area contributed by atoms with Crippen molar-refractivity contribution in [3.63, 3.8) is 0 Å². The van der Waals surface area contributed by atoms with Gasteiger partial charge in [-0.1, -0.05) is 29.0 Å². The molecule has 0 amide bonds. The molecule has 1 heterocycles. The second kappa shape index (κ2) is 2.49. The lowest BCUT2D eigenvalue weighted by Crippen LogP contribution is -1.71. The van der Waals surface area contributed by atoms with Crippen molar-refractivity contribution in [2.45, 2.75) is 13.8 Å². The van der Waals surface area contributed by atoms with Gasteiger partial charge in [-0.2, -0.15) is 0 Å². The van der Waals surface area contributed by atoms with Crippen LogP contribution in [0.2, 0.25) is 0 Å². The molecule has 1 aromatic carbocycles.